The van der Waals surface area contributed by atoms with Crippen LogP contribution in [0.1, 0.15) is 18.5 Å². The van der Waals surface area contributed by atoms with Crippen molar-refractivity contribution >= 4 is 11.9 Å². The molecule has 0 bridgehead atoms. The number of hydrogen-bond acceptors (Lipinski definition) is 5. The monoisotopic (exact) mass is 238 g/mol. The molecule has 0 radical (unpaired) electrons. The lowest BCUT2D eigenvalue weighted by Crippen LogP contribution is -2.40. The zero-order valence-electron chi connectivity index (χ0n) is 9.17. The molecule has 0 saturated heterocycles. The third kappa shape index (κ3) is 5.03. The number of aromatic nitrogens is 2. The number of carboxylic acids is 1. The maximum absolute atomic E-state index is 11.5. The van der Waals surface area contributed by atoms with Gasteiger partial charge >= 0.3 is 5.97 Å². The summed E-state index contributed by atoms with van der Waals surface area (Å²) in [4.78, 5) is 29.4. The fraction of sp³-hybridized carbons (Fsp3) is 0.400. The smallest absolute Gasteiger partial charge is 0.303 e. The average molecular weight is 238 g/mol. The lowest BCUT2D eigenvalue weighted by molar-refractivity contribution is -0.137. The maximum Gasteiger partial charge on any atom is 0.303 e. The maximum atomic E-state index is 11.5. The van der Waals surface area contributed by atoms with E-state index in [1.54, 1.807) is 12.3 Å². The van der Waals surface area contributed by atoms with Crippen molar-refractivity contribution in [3.8, 4) is 0 Å². The molecule has 1 unspecified atom stereocenters. The minimum Gasteiger partial charge on any atom is -0.481 e. The van der Waals surface area contributed by atoms with E-state index in [0.29, 0.717) is 5.69 Å². The largest absolute Gasteiger partial charge is 0.481 e. The van der Waals surface area contributed by atoms with Gasteiger partial charge in [0.05, 0.1) is 18.3 Å². The predicted octanol–water partition coefficient (Wildman–Crippen LogP) is -0.715. The molecule has 1 aromatic rings. The fourth-order valence-electron chi connectivity index (χ4n) is 1.14. The Morgan fingerprint density at radius 2 is 2.29 bits per heavy atom. The number of nitrogens with two attached hydrogens (primary N) is 1. The molecule has 1 atom stereocenters. The van der Waals surface area contributed by atoms with E-state index in [-0.39, 0.29) is 25.3 Å². The summed E-state index contributed by atoms with van der Waals surface area (Å²) in [5, 5.41) is 11.0. The van der Waals surface area contributed by atoms with E-state index in [4.69, 9.17) is 10.8 Å². The molecule has 92 valence electrons. The van der Waals surface area contributed by atoms with Gasteiger partial charge in [0.1, 0.15) is 6.33 Å². The summed E-state index contributed by atoms with van der Waals surface area (Å²) in [5.74, 6) is -1.35. The Bertz CT molecular complexity index is 382. The zero-order valence-corrected chi connectivity index (χ0v) is 9.17. The van der Waals surface area contributed by atoms with Crippen LogP contribution in [-0.2, 0) is 16.1 Å². The second-order valence-electron chi connectivity index (χ2n) is 3.46. The minimum absolute atomic E-state index is 0.116. The Morgan fingerprint density at radius 1 is 1.53 bits per heavy atom. The van der Waals surface area contributed by atoms with Crippen molar-refractivity contribution in [3.63, 3.8) is 0 Å². The van der Waals surface area contributed by atoms with Crippen molar-refractivity contribution in [1.82, 2.24) is 15.3 Å². The summed E-state index contributed by atoms with van der Waals surface area (Å²) in [5.41, 5.74) is 6.19. The highest BCUT2D eigenvalue weighted by Gasteiger charge is 2.14. The van der Waals surface area contributed by atoms with Gasteiger partial charge in [0.2, 0.25) is 5.91 Å². The highest BCUT2D eigenvalue weighted by atomic mass is 16.4. The first-order chi connectivity index (χ1) is 8.09. The number of carboxylic acid groups (broad SMARTS) is 1. The van der Waals surface area contributed by atoms with Gasteiger partial charge in [0, 0.05) is 12.6 Å². The molecule has 1 rings (SSSR count). The molecule has 1 aromatic heterocycles. The first-order valence-electron chi connectivity index (χ1n) is 5.09. The van der Waals surface area contributed by atoms with Gasteiger partial charge in [-0.05, 0) is 12.5 Å². The molecule has 1 amide bonds. The number of amides is 1. The summed E-state index contributed by atoms with van der Waals surface area (Å²) in [7, 11) is 0. The fourth-order valence-corrected chi connectivity index (χ4v) is 1.14. The van der Waals surface area contributed by atoms with Gasteiger partial charge in [-0.3, -0.25) is 9.59 Å². The molecule has 4 N–H and O–H groups in total. The predicted molar refractivity (Wildman–Crippen MR) is 58.7 cm³/mol. The van der Waals surface area contributed by atoms with Gasteiger partial charge in [0.25, 0.3) is 0 Å². The third-order valence-electron chi connectivity index (χ3n) is 2.09. The van der Waals surface area contributed by atoms with Crippen molar-refractivity contribution < 1.29 is 14.7 Å². The van der Waals surface area contributed by atoms with Crippen molar-refractivity contribution in [2.75, 3.05) is 0 Å². The van der Waals surface area contributed by atoms with Gasteiger partial charge in [-0.15, -0.1) is 0 Å². The van der Waals surface area contributed by atoms with Crippen LogP contribution in [0.5, 0.6) is 0 Å². The zero-order chi connectivity index (χ0) is 12.7. The number of carbonyl (C=O) groups excluding carboxylic acids is 1. The molecule has 0 aliphatic carbocycles. The summed E-state index contributed by atoms with van der Waals surface area (Å²) >= 11 is 0. The van der Waals surface area contributed by atoms with Crippen LogP contribution in [0.25, 0.3) is 0 Å². The molecule has 0 spiro atoms. The van der Waals surface area contributed by atoms with Gasteiger partial charge < -0.3 is 16.2 Å². The number of hydrogen-bond donors (Lipinski definition) is 3. The van der Waals surface area contributed by atoms with E-state index in [1.165, 1.54) is 6.33 Å². The van der Waals surface area contributed by atoms with E-state index < -0.39 is 12.0 Å². The molecule has 17 heavy (non-hydrogen) atoms. The second kappa shape index (κ2) is 6.54. The van der Waals surface area contributed by atoms with Gasteiger partial charge in [0.15, 0.2) is 0 Å². The average Bonchev–Trinajstić information content (AvgIpc) is 2.34. The molecular weight excluding hydrogens is 224 g/mol. The SMILES string of the molecule is NC(CCC(=O)O)C(=O)NCc1ccncn1. The number of carbonyl (C=O) groups is 2. The standard InChI is InChI=1S/C10H14N4O3/c11-8(1-2-9(15)16)10(17)13-5-7-3-4-12-6-14-7/h3-4,6,8H,1-2,5,11H2,(H,13,17)(H,15,16). The minimum atomic E-state index is -0.968. The molecule has 1 heterocycles. The van der Waals surface area contributed by atoms with Crippen LogP contribution in [0.2, 0.25) is 0 Å². The molecule has 7 heteroatoms. The van der Waals surface area contributed by atoms with E-state index in [9.17, 15) is 9.59 Å². The Morgan fingerprint density at radius 3 is 2.88 bits per heavy atom. The Labute approximate surface area is 98.1 Å². The number of rotatable bonds is 6. The molecule has 0 aliphatic heterocycles. The van der Waals surface area contributed by atoms with Crippen molar-refractivity contribution in [3.05, 3.63) is 24.3 Å². The highest BCUT2D eigenvalue weighted by Crippen LogP contribution is 1.96. The lowest BCUT2D eigenvalue weighted by Gasteiger charge is -2.10. The normalized spacial score (nSPS) is 11.8. The summed E-state index contributed by atoms with van der Waals surface area (Å²) < 4.78 is 0. The number of aliphatic carboxylic acids is 1. The second-order valence-corrected chi connectivity index (χ2v) is 3.46. The van der Waals surface area contributed by atoms with E-state index in [0.717, 1.165) is 0 Å². The summed E-state index contributed by atoms with van der Waals surface area (Å²) in [6, 6.07) is 0.858. The van der Waals surface area contributed by atoms with Crippen LogP contribution < -0.4 is 11.1 Å². The van der Waals surface area contributed by atoms with Crippen LogP contribution in [0, 0.1) is 0 Å². The van der Waals surface area contributed by atoms with Crippen molar-refractivity contribution in [2.45, 2.75) is 25.4 Å². The highest BCUT2D eigenvalue weighted by molar-refractivity contribution is 5.82. The first kappa shape index (κ1) is 13.0. The third-order valence-corrected chi connectivity index (χ3v) is 2.09. The number of nitrogens with one attached hydrogen (secondary N) is 1. The van der Waals surface area contributed by atoms with Crippen LogP contribution >= 0.6 is 0 Å². The van der Waals surface area contributed by atoms with Crippen LogP contribution in [0.3, 0.4) is 0 Å². The lowest BCUT2D eigenvalue weighted by atomic mass is 10.1. The van der Waals surface area contributed by atoms with E-state index >= 15 is 0 Å². The Hall–Kier alpha value is -2.02. The first-order valence-corrected chi connectivity index (χ1v) is 5.09. The summed E-state index contributed by atoms with van der Waals surface area (Å²) in [6.45, 7) is 0.252. The Kier molecular flexibility index (Phi) is 5.02. The van der Waals surface area contributed by atoms with E-state index in [2.05, 4.69) is 15.3 Å². The van der Waals surface area contributed by atoms with E-state index in [1.807, 2.05) is 0 Å². The van der Waals surface area contributed by atoms with Crippen LogP contribution in [0.15, 0.2) is 18.6 Å². The molecule has 0 aliphatic rings. The molecule has 0 aromatic carbocycles. The van der Waals surface area contributed by atoms with Gasteiger partial charge in [-0.25, -0.2) is 9.97 Å². The molecule has 7 nitrogen and oxygen atoms in total. The van der Waals surface area contributed by atoms with Crippen molar-refractivity contribution in [2.24, 2.45) is 5.73 Å². The van der Waals surface area contributed by atoms with Crippen LogP contribution in [-0.4, -0.2) is 33.0 Å². The number of nitrogens with zero attached hydrogens (tertiary/aromatic N) is 2. The van der Waals surface area contributed by atoms with Crippen LogP contribution in [0.4, 0.5) is 0 Å². The van der Waals surface area contributed by atoms with Gasteiger partial charge in [-0.1, -0.05) is 0 Å². The molecule has 0 fully saturated rings. The topological polar surface area (TPSA) is 118 Å². The van der Waals surface area contributed by atoms with Gasteiger partial charge in [-0.2, -0.15) is 0 Å². The molecular formula is C10H14N4O3. The van der Waals surface area contributed by atoms with Crippen molar-refractivity contribution in [1.29, 1.82) is 0 Å². The Balaban J connectivity index is 2.32. The summed E-state index contributed by atoms with van der Waals surface area (Å²) in [6.07, 6.45) is 2.94. The molecule has 0 saturated carbocycles. The quantitative estimate of drug-likeness (QED) is 0.602.